The number of Topliss-reactive ketones (excluding diaryl/α,β-unsaturated/α-hetero) is 1. The van der Waals surface area contributed by atoms with Crippen molar-refractivity contribution in [1.29, 1.82) is 0 Å². The third-order valence-corrected chi connectivity index (χ3v) is 3.72. The average Bonchev–Trinajstić information content (AvgIpc) is 2.34. The third kappa shape index (κ3) is 4.92. The molecular formula is C14H17F2NO2S. The fourth-order valence-corrected chi connectivity index (χ4v) is 2.42. The number of amides is 1. The molecule has 0 spiro atoms. The van der Waals surface area contributed by atoms with E-state index in [1.165, 1.54) is 13.0 Å². The predicted octanol–water partition coefficient (Wildman–Crippen LogP) is 2.79. The van der Waals surface area contributed by atoms with Crippen LogP contribution < -0.4 is 5.32 Å². The van der Waals surface area contributed by atoms with Crippen LogP contribution in [0.4, 0.5) is 8.78 Å². The van der Waals surface area contributed by atoms with Gasteiger partial charge in [0.25, 0.3) is 0 Å². The number of halogens is 2. The molecule has 3 nitrogen and oxygen atoms in total. The van der Waals surface area contributed by atoms with Gasteiger partial charge >= 0.3 is 0 Å². The molecule has 1 aromatic rings. The third-order valence-electron chi connectivity index (χ3n) is 2.67. The lowest BCUT2D eigenvalue weighted by molar-refractivity contribution is -0.126. The smallest absolute Gasteiger partial charge is 0.230 e. The van der Waals surface area contributed by atoms with Crippen molar-refractivity contribution < 1.29 is 18.4 Å². The number of nitrogens with one attached hydrogen (secondary N) is 1. The zero-order chi connectivity index (χ0) is 15.3. The second kappa shape index (κ2) is 7.38. The monoisotopic (exact) mass is 301 g/mol. The molecule has 0 fully saturated rings. The summed E-state index contributed by atoms with van der Waals surface area (Å²) in [6, 6.07) is 2.65. The molecule has 110 valence electrons. The molecule has 0 aliphatic carbocycles. The number of rotatable bonds is 6. The second-order valence-electron chi connectivity index (χ2n) is 4.76. The zero-order valence-corrected chi connectivity index (χ0v) is 12.4. The number of carbonyl (C=O) groups is 2. The lowest BCUT2D eigenvalue weighted by Gasteiger charge is -2.19. The number of hydrogen-bond donors (Lipinski definition) is 1. The van der Waals surface area contributed by atoms with Gasteiger partial charge in [-0.3, -0.25) is 9.59 Å². The first kappa shape index (κ1) is 16.6. The van der Waals surface area contributed by atoms with Crippen LogP contribution in [0.2, 0.25) is 0 Å². The first-order valence-electron chi connectivity index (χ1n) is 6.19. The molecular weight excluding hydrogens is 284 g/mol. The minimum Gasteiger partial charge on any atom is -0.345 e. The van der Waals surface area contributed by atoms with Crippen molar-refractivity contribution in [3.63, 3.8) is 0 Å². The highest BCUT2D eigenvalue weighted by Gasteiger charge is 2.20. The highest BCUT2D eigenvalue weighted by Crippen LogP contribution is 2.22. The van der Waals surface area contributed by atoms with E-state index < -0.39 is 17.7 Å². The van der Waals surface area contributed by atoms with Gasteiger partial charge in [0.15, 0.2) is 5.78 Å². The molecule has 1 aromatic carbocycles. The quantitative estimate of drug-likeness (QED) is 0.822. The molecule has 0 radical (unpaired) electrons. The van der Waals surface area contributed by atoms with Gasteiger partial charge in [0.2, 0.25) is 5.91 Å². The van der Waals surface area contributed by atoms with Crippen molar-refractivity contribution in [2.45, 2.75) is 31.7 Å². The van der Waals surface area contributed by atoms with E-state index in [0.29, 0.717) is 0 Å². The predicted molar refractivity (Wildman–Crippen MR) is 74.5 cm³/mol. The molecule has 0 bridgehead atoms. The summed E-state index contributed by atoms with van der Waals surface area (Å²) in [5.74, 6) is -1.87. The van der Waals surface area contributed by atoms with Crippen LogP contribution in [0, 0.1) is 17.6 Å². The van der Waals surface area contributed by atoms with Gasteiger partial charge in [0.05, 0.1) is 11.8 Å². The molecule has 0 heterocycles. The van der Waals surface area contributed by atoms with Crippen molar-refractivity contribution in [1.82, 2.24) is 5.32 Å². The van der Waals surface area contributed by atoms with Crippen molar-refractivity contribution >= 4 is 23.5 Å². The molecule has 0 aromatic heterocycles. The van der Waals surface area contributed by atoms with E-state index in [2.05, 4.69) is 5.32 Å². The second-order valence-corrected chi connectivity index (χ2v) is 5.78. The molecule has 6 heteroatoms. The fourth-order valence-electron chi connectivity index (χ4n) is 1.69. The number of benzene rings is 1. The molecule has 20 heavy (non-hydrogen) atoms. The number of ketones is 1. The van der Waals surface area contributed by atoms with Crippen LogP contribution in [-0.2, 0) is 9.59 Å². The van der Waals surface area contributed by atoms with Crippen molar-refractivity contribution in [2.75, 3.05) is 5.75 Å². The topological polar surface area (TPSA) is 46.2 Å². The van der Waals surface area contributed by atoms with E-state index >= 15 is 0 Å². The van der Waals surface area contributed by atoms with E-state index in [1.54, 1.807) is 0 Å². The summed E-state index contributed by atoms with van der Waals surface area (Å²) < 4.78 is 26.1. The average molecular weight is 301 g/mol. The van der Waals surface area contributed by atoms with Gasteiger partial charge in [0.1, 0.15) is 11.6 Å². The Morgan fingerprint density at radius 1 is 1.30 bits per heavy atom. The summed E-state index contributed by atoms with van der Waals surface area (Å²) in [6.45, 7) is 5.08. The van der Waals surface area contributed by atoms with Crippen LogP contribution >= 0.6 is 11.8 Å². The Balaban J connectivity index is 2.57. The summed E-state index contributed by atoms with van der Waals surface area (Å²) in [5.41, 5.74) is 0. The van der Waals surface area contributed by atoms with Gasteiger partial charge in [-0.15, -0.1) is 11.8 Å². The number of carbonyl (C=O) groups excluding carboxylic acids is 2. The van der Waals surface area contributed by atoms with Crippen LogP contribution in [0.5, 0.6) is 0 Å². The SMILES string of the molecule is CC(=O)C(NC(=O)CSc1ccc(F)cc1F)C(C)C. The fraction of sp³-hybridized carbons (Fsp3) is 0.429. The van der Waals surface area contributed by atoms with E-state index in [-0.39, 0.29) is 28.3 Å². The van der Waals surface area contributed by atoms with Gasteiger partial charge < -0.3 is 5.32 Å². The molecule has 1 unspecified atom stereocenters. The Morgan fingerprint density at radius 2 is 1.95 bits per heavy atom. The van der Waals surface area contributed by atoms with E-state index in [0.717, 1.165) is 23.9 Å². The Hall–Kier alpha value is -1.43. The lowest BCUT2D eigenvalue weighted by atomic mass is 10.0. The van der Waals surface area contributed by atoms with E-state index in [1.807, 2.05) is 13.8 Å². The van der Waals surface area contributed by atoms with Gasteiger partial charge in [-0.25, -0.2) is 8.78 Å². The van der Waals surface area contributed by atoms with Crippen LogP contribution in [-0.4, -0.2) is 23.5 Å². The van der Waals surface area contributed by atoms with Crippen LogP contribution in [0.15, 0.2) is 23.1 Å². The molecule has 0 aliphatic rings. The first-order valence-corrected chi connectivity index (χ1v) is 7.17. The Bertz CT molecular complexity index is 506. The largest absolute Gasteiger partial charge is 0.345 e. The summed E-state index contributed by atoms with van der Waals surface area (Å²) >= 11 is 0.964. The number of thioether (sulfide) groups is 1. The van der Waals surface area contributed by atoms with Gasteiger partial charge in [-0.05, 0) is 25.0 Å². The van der Waals surface area contributed by atoms with E-state index in [9.17, 15) is 18.4 Å². The Morgan fingerprint density at radius 3 is 2.45 bits per heavy atom. The summed E-state index contributed by atoms with van der Waals surface area (Å²) in [5, 5.41) is 2.61. The van der Waals surface area contributed by atoms with Gasteiger partial charge in [-0.2, -0.15) is 0 Å². The first-order chi connectivity index (χ1) is 9.31. The van der Waals surface area contributed by atoms with Crippen LogP contribution in [0.25, 0.3) is 0 Å². The lowest BCUT2D eigenvalue weighted by Crippen LogP contribution is -2.44. The van der Waals surface area contributed by atoms with Crippen LogP contribution in [0.1, 0.15) is 20.8 Å². The van der Waals surface area contributed by atoms with E-state index in [4.69, 9.17) is 0 Å². The Kier molecular flexibility index (Phi) is 6.13. The normalized spacial score (nSPS) is 12.3. The summed E-state index contributed by atoms with van der Waals surface area (Å²) in [6.07, 6.45) is 0. The standard InChI is InChI=1S/C14H17F2NO2S/c1-8(2)14(9(3)18)17-13(19)7-20-12-5-4-10(15)6-11(12)16/h4-6,8,14H,7H2,1-3H3,(H,17,19). The minimum absolute atomic E-state index is 0.0102. The molecule has 0 saturated carbocycles. The van der Waals surface area contributed by atoms with Crippen molar-refractivity contribution in [3.05, 3.63) is 29.8 Å². The highest BCUT2D eigenvalue weighted by molar-refractivity contribution is 8.00. The van der Waals surface area contributed by atoms with Crippen molar-refractivity contribution in [2.24, 2.45) is 5.92 Å². The zero-order valence-electron chi connectivity index (χ0n) is 11.6. The maximum absolute atomic E-state index is 13.4. The molecule has 1 N–H and O–H groups in total. The maximum atomic E-state index is 13.4. The highest BCUT2D eigenvalue weighted by atomic mass is 32.2. The summed E-state index contributed by atoms with van der Waals surface area (Å²) in [7, 11) is 0. The van der Waals surface area contributed by atoms with Gasteiger partial charge in [-0.1, -0.05) is 13.8 Å². The maximum Gasteiger partial charge on any atom is 0.230 e. The minimum atomic E-state index is -0.699. The van der Waals surface area contributed by atoms with Crippen LogP contribution in [0.3, 0.4) is 0 Å². The van der Waals surface area contributed by atoms with Gasteiger partial charge in [0, 0.05) is 11.0 Å². The molecule has 1 amide bonds. The molecule has 0 aliphatic heterocycles. The number of hydrogen-bond acceptors (Lipinski definition) is 3. The molecule has 1 rings (SSSR count). The molecule has 0 saturated heterocycles. The Labute approximate surface area is 121 Å². The molecule has 1 atom stereocenters. The summed E-state index contributed by atoms with van der Waals surface area (Å²) in [4.78, 5) is 23.3. The van der Waals surface area contributed by atoms with Crippen molar-refractivity contribution in [3.8, 4) is 0 Å².